The Morgan fingerprint density at radius 3 is 1.36 bits per heavy atom. The van der Waals surface area contributed by atoms with Gasteiger partial charge in [-0.15, -0.1) is 0 Å². The third kappa shape index (κ3) is 14.3. The summed E-state index contributed by atoms with van der Waals surface area (Å²) in [6.45, 7) is 4.76. The van der Waals surface area contributed by atoms with Crippen molar-refractivity contribution in [3.05, 3.63) is 234 Å². The number of carbonyl (C=O) groups excluding carboxylic acids is 2. The highest BCUT2D eigenvalue weighted by Crippen LogP contribution is 2.34. The van der Waals surface area contributed by atoms with Crippen LogP contribution in [-0.2, 0) is 25.8 Å². The summed E-state index contributed by atoms with van der Waals surface area (Å²) >= 11 is 0. The predicted molar refractivity (Wildman–Crippen MR) is 262 cm³/mol. The second kappa shape index (κ2) is 24.0. The van der Waals surface area contributed by atoms with E-state index >= 15 is 0 Å². The molecule has 0 spiro atoms. The van der Waals surface area contributed by atoms with Crippen LogP contribution in [0.2, 0.25) is 0 Å². The van der Waals surface area contributed by atoms with Gasteiger partial charge in [0.25, 0.3) is 0 Å². The minimum atomic E-state index is -4.46. The molecule has 0 saturated heterocycles. The number of Topliss-reactive ketones (excluding diaryl/α,β-unsaturated/α-hetero) is 2. The second-order valence-electron chi connectivity index (χ2n) is 16.0. The number of hydrogen-bond acceptors (Lipinski definition) is 11. The topological polar surface area (TPSA) is 187 Å². The van der Waals surface area contributed by atoms with E-state index in [0.29, 0.717) is 64.9 Å². The normalized spacial score (nSPS) is 10.5. The lowest BCUT2D eigenvalue weighted by molar-refractivity contribution is -0.137. The van der Waals surface area contributed by atoms with Crippen molar-refractivity contribution in [1.82, 2.24) is 28.7 Å². The number of alkyl halides is 3. The van der Waals surface area contributed by atoms with E-state index in [-0.39, 0.29) is 28.6 Å². The van der Waals surface area contributed by atoms with E-state index in [4.69, 9.17) is 14.2 Å². The fraction of sp³-hybridized carbons (Fsp3) is 0.107. The molecule has 0 bridgehead atoms. The largest absolute Gasteiger partial charge is 0.456 e. The first-order chi connectivity index (χ1) is 35.3. The summed E-state index contributed by atoms with van der Waals surface area (Å²) in [6.07, 6.45) is 11.2. The monoisotopic (exact) mass is 977 g/mol. The molecule has 0 fully saturated rings. The number of rotatable bonds is 14. The smallest absolute Gasteiger partial charge is 0.416 e. The number of carbonyl (C=O) groups is 2. The molecule has 0 aliphatic rings. The molecule has 14 nitrogen and oxygen atoms in total. The van der Waals surface area contributed by atoms with Gasteiger partial charge in [-0.25, -0.2) is 15.0 Å². The number of ketones is 2. The van der Waals surface area contributed by atoms with Crippen LogP contribution in [0.5, 0.6) is 34.5 Å². The molecule has 0 aliphatic heterocycles. The first kappa shape index (κ1) is 50.8. The minimum absolute atomic E-state index is 0.0195. The molecule has 9 rings (SSSR count). The van der Waals surface area contributed by atoms with E-state index in [1.54, 1.807) is 123 Å². The average Bonchev–Trinajstić information content (AvgIpc) is 4.22. The maximum atomic E-state index is 12.8. The Labute approximate surface area is 417 Å². The molecule has 0 atom stereocenters. The van der Waals surface area contributed by atoms with Crippen LogP contribution in [0.3, 0.4) is 0 Å². The Kier molecular flexibility index (Phi) is 16.7. The van der Waals surface area contributed by atoms with E-state index in [1.807, 2.05) is 56.4 Å². The van der Waals surface area contributed by atoms with Crippen LogP contribution in [-0.4, -0.2) is 40.2 Å². The van der Waals surface area contributed by atoms with Gasteiger partial charge >= 0.3 is 6.18 Å². The second-order valence-corrected chi connectivity index (χ2v) is 16.0. The molecule has 0 unspecified atom stereocenters. The molecule has 0 aliphatic carbocycles. The third-order valence-corrected chi connectivity index (χ3v) is 10.6. The van der Waals surface area contributed by atoms with Gasteiger partial charge in [0.1, 0.15) is 52.7 Å². The molecule has 3 heterocycles. The SMILES string of the molecule is CC(=O)c1cccc(Oc2cc(Cn3ccnc3)ccc2C#N)c1.CC(=O)c1ccccc1Oc1cc(Cn2ccnc2)ccc1C#N.N#Cc1ccc(Cn2ccnc2)cc1Oc1cccc(C(F)(F)F)c1. The molecule has 3 aromatic heterocycles. The number of nitrogens with zero attached hydrogens (tertiary/aromatic N) is 9. The number of imidazole rings is 3. The maximum Gasteiger partial charge on any atom is 0.416 e. The number of halogens is 3. The fourth-order valence-corrected chi connectivity index (χ4v) is 7.03. The van der Waals surface area contributed by atoms with Gasteiger partial charge in [-0.05, 0) is 109 Å². The van der Waals surface area contributed by atoms with Gasteiger partial charge in [-0.2, -0.15) is 29.0 Å². The number of para-hydroxylation sites is 1. The van der Waals surface area contributed by atoms with Crippen molar-refractivity contribution in [1.29, 1.82) is 15.8 Å². The Hall–Kier alpha value is -10.1. The minimum Gasteiger partial charge on any atom is -0.456 e. The molecule has 0 radical (unpaired) electrons. The molecule has 73 heavy (non-hydrogen) atoms. The van der Waals surface area contributed by atoms with Crippen molar-refractivity contribution in [2.24, 2.45) is 0 Å². The van der Waals surface area contributed by atoms with E-state index in [9.17, 15) is 38.5 Å². The van der Waals surface area contributed by atoms with Crippen LogP contribution >= 0.6 is 0 Å². The van der Waals surface area contributed by atoms with E-state index in [2.05, 4.69) is 27.1 Å². The molecule has 0 amide bonds. The van der Waals surface area contributed by atoms with E-state index in [0.717, 1.165) is 28.8 Å². The fourth-order valence-electron chi connectivity index (χ4n) is 7.03. The van der Waals surface area contributed by atoms with Crippen LogP contribution in [0, 0.1) is 34.0 Å². The zero-order chi connectivity index (χ0) is 51.7. The highest BCUT2D eigenvalue weighted by Gasteiger charge is 2.30. The summed E-state index contributed by atoms with van der Waals surface area (Å²) in [5, 5.41) is 27.8. The van der Waals surface area contributed by atoms with Crippen molar-refractivity contribution >= 4 is 11.6 Å². The Morgan fingerprint density at radius 2 is 0.945 bits per heavy atom. The standard InChI is InChI=1S/2C19H15N3O2.C18H12F3N3O/c1-14(23)16-3-2-4-18(10-16)24-19-9-15(5-6-17(19)11-20)12-22-8-7-21-13-22;1-14(23)17-4-2-3-5-18(17)24-19-10-15(6-7-16(19)11-20)12-22-9-8-21-13-22;19-18(20,21)15-2-1-3-16(9-15)25-17-8-13(4-5-14(17)10-22)11-24-7-6-23-12-24/h2*2-10,13H,12H2,1H3;1-9,12H,11H2. The van der Waals surface area contributed by atoms with Crippen LogP contribution in [0.1, 0.15) is 73.5 Å². The predicted octanol–water partition coefficient (Wildman–Crippen LogP) is 12.2. The van der Waals surface area contributed by atoms with Gasteiger partial charge in [0, 0.05) is 62.4 Å². The third-order valence-electron chi connectivity index (χ3n) is 10.6. The number of hydrogen-bond donors (Lipinski definition) is 0. The van der Waals surface area contributed by atoms with Gasteiger partial charge in [-0.3, -0.25) is 9.59 Å². The summed E-state index contributed by atoms with van der Waals surface area (Å²) in [7, 11) is 0. The van der Waals surface area contributed by atoms with Crippen LogP contribution < -0.4 is 14.2 Å². The number of benzene rings is 6. The molecule has 9 aromatic rings. The van der Waals surface area contributed by atoms with Crippen molar-refractivity contribution in [2.45, 2.75) is 39.7 Å². The molecular formula is C56H42F3N9O5. The van der Waals surface area contributed by atoms with Crippen LogP contribution in [0.4, 0.5) is 13.2 Å². The molecule has 0 saturated carbocycles. The molecule has 0 N–H and O–H groups in total. The van der Waals surface area contributed by atoms with Gasteiger partial charge in [-0.1, -0.05) is 48.5 Å². The summed E-state index contributed by atoms with van der Waals surface area (Å²) in [6, 6.07) is 40.6. The molecular weight excluding hydrogens is 936 g/mol. The van der Waals surface area contributed by atoms with Gasteiger partial charge < -0.3 is 27.9 Å². The van der Waals surface area contributed by atoms with Gasteiger partial charge in [0.2, 0.25) is 0 Å². The van der Waals surface area contributed by atoms with E-state index in [1.165, 1.54) is 26.0 Å². The lowest BCUT2D eigenvalue weighted by atomic mass is 10.1. The molecule has 17 heteroatoms. The van der Waals surface area contributed by atoms with Crippen molar-refractivity contribution in [3.63, 3.8) is 0 Å². The highest BCUT2D eigenvalue weighted by atomic mass is 19.4. The van der Waals surface area contributed by atoms with Crippen LogP contribution in [0.25, 0.3) is 0 Å². The lowest BCUT2D eigenvalue weighted by Gasteiger charge is -2.12. The van der Waals surface area contributed by atoms with Crippen molar-refractivity contribution in [2.75, 3.05) is 0 Å². The van der Waals surface area contributed by atoms with Crippen molar-refractivity contribution in [3.8, 4) is 52.7 Å². The number of aromatic nitrogens is 6. The first-order valence-corrected chi connectivity index (χ1v) is 22.2. The number of ether oxygens (including phenoxy) is 3. The van der Waals surface area contributed by atoms with E-state index < -0.39 is 11.7 Å². The summed E-state index contributed by atoms with van der Waals surface area (Å²) in [5.41, 5.74) is 4.15. The average molecular weight is 978 g/mol. The lowest BCUT2D eigenvalue weighted by Crippen LogP contribution is -2.04. The zero-order valence-corrected chi connectivity index (χ0v) is 39.1. The highest BCUT2D eigenvalue weighted by molar-refractivity contribution is 5.97. The van der Waals surface area contributed by atoms with Crippen molar-refractivity contribution < 1.29 is 37.0 Å². The zero-order valence-electron chi connectivity index (χ0n) is 39.1. The Balaban J connectivity index is 0.000000160. The summed E-state index contributed by atoms with van der Waals surface area (Å²) in [5.74, 6) is 1.99. The Morgan fingerprint density at radius 1 is 0.507 bits per heavy atom. The first-order valence-electron chi connectivity index (χ1n) is 22.2. The van der Waals surface area contributed by atoms with Crippen LogP contribution in [0.15, 0.2) is 184 Å². The summed E-state index contributed by atoms with van der Waals surface area (Å²) < 4.78 is 61.4. The number of nitriles is 3. The summed E-state index contributed by atoms with van der Waals surface area (Å²) in [4.78, 5) is 35.2. The maximum absolute atomic E-state index is 12.8. The Bertz CT molecular complexity index is 3460. The van der Waals surface area contributed by atoms with Gasteiger partial charge in [0.05, 0.1) is 46.8 Å². The molecule has 6 aromatic carbocycles. The quantitative estimate of drug-likeness (QED) is 0.0944. The molecule has 362 valence electrons. The van der Waals surface area contributed by atoms with Gasteiger partial charge in [0.15, 0.2) is 11.6 Å².